The van der Waals surface area contributed by atoms with Crippen molar-refractivity contribution in [3.05, 3.63) is 83.0 Å². The standard InChI is InChI=1S/C27H30FN3O5/c1-19-25(20(2)36-29-19)26(33)31-13-14-35-27(17-31,18-34-23-11-9-22(28)10-12-23)15-24(32)30(3)16-21-7-5-4-6-8-21/h4-12H,13-18H2,1-3H3/t27-/m1/s1. The summed E-state index contributed by atoms with van der Waals surface area (Å²) in [6, 6.07) is 15.3. The summed E-state index contributed by atoms with van der Waals surface area (Å²) >= 11 is 0. The molecular formula is C27H30FN3O5. The van der Waals surface area contributed by atoms with Gasteiger partial charge in [0, 0.05) is 20.1 Å². The number of carbonyl (C=O) groups excluding carboxylic acids is 2. The molecule has 1 fully saturated rings. The molecule has 36 heavy (non-hydrogen) atoms. The Morgan fingerprint density at radius 1 is 1.14 bits per heavy atom. The first kappa shape index (κ1) is 25.4. The first-order valence-electron chi connectivity index (χ1n) is 11.8. The first-order valence-corrected chi connectivity index (χ1v) is 11.8. The van der Waals surface area contributed by atoms with Crippen LogP contribution in [0.3, 0.4) is 0 Å². The van der Waals surface area contributed by atoms with Crippen molar-refractivity contribution in [2.45, 2.75) is 32.4 Å². The van der Waals surface area contributed by atoms with E-state index in [0.29, 0.717) is 35.9 Å². The van der Waals surface area contributed by atoms with Crippen molar-refractivity contribution in [2.75, 3.05) is 33.4 Å². The molecule has 8 nitrogen and oxygen atoms in total. The number of amides is 2. The predicted octanol–water partition coefficient (Wildman–Crippen LogP) is 3.77. The van der Waals surface area contributed by atoms with Crippen molar-refractivity contribution in [2.24, 2.45) is 0 Å². The fourth-order valence-corrected chi connectivity index (χ4v) is 4.31. The summed E-state index contributed by atoms with van der Waals surface area (Å²) in [4.78, 5) is 29.9. The zero-order valence-electron chi connectivity index (χ0n) is 20.7. The van der Waals surface area contributed by atoms with Gasteiger partial charge in [0.25, 0.3) is 5.91 Å². The molecule has 0 bridgehead atoms. The number of nitrogens with zero attached hydrogens (tertiary/aromatic N) is 3. The number of hydrogen-bond donors (Lipinski definition) is 0. The second kappa shape index (κ2) is 10.9. The lowest BCUT2D eigenvalue weighted by atomic mass is 9.96. The maximum absolute atomic E-state index is 13.4. The lowest BCUT2D eigenvalue weighted by Crippen LogP contribution is -2.58. The molecule has 1 saturated heterocycles. The zero-order chi connectivity index (χ0) is 25.7. The Morgan fingerprint density at radius 3 is 2.53 bits per heavy atom. The minimum Gasteiger partial charge on any atom is -0.490 e. The van der Waals surface area contributed by atoms with Crippen LogP contribution >= 0.6 is 0 Å². The van der Waals surface area contributed by atoms with Gasteiger partial charge in [-0.3, -0.25) is 9.59 Å². The number of hydrogen-bond acceptors (Lipinski definition) is 6. The molecule has 0 saturated carbocycles. The third-order valence-corrected chi connectivity index (χ3v) is 6.26. The molecule has 3 aromatic rings. The van der Waals surface area contributed by atoms with Crippen LogP contribution in [0.5, 0.6) is 5.75 Å². The average Bonchev–Trinajstić information content (AvgIpc) is 3.21. The lowest BCUT2D eigenvalue weighted by molar-refractivity contribution is -0.152. The molecule has 1 aromatic heterocycles. The number of aromatic nitrogens is 1. The fourth-order valence-electron chi connectivity index (χ4n) is 4.31. The van der Waals surface area contributed by atoms with Crippen LogP contribution in [0, 0.1) is 19.7 Å². The molecule has 1 aliphatic heterocycles. The minimum atomic E-state index is -1.09. The van der Waals surface area contributed by atoms with Gasteiger partial charge in [-0.1, -0.05) is 35.5 Å². The largest absolute Gasteiger partial charge is 0.490 e. The number of morpholine rings is 1. The van der Waals surface area contributed by atoms with E-state index < -0.39 is 5.60 Å². The molecule has 2 aromatic carbocycles. The summed E-state index contributed by atoms with van der Waals surface area (Å²) in [5, 5.41) is 3.89. The van der Waals surface area contributed by atoms with Gasteiger partial charge in [0.1, 0.15) is 35.1 Å². The van der Waals surface area contributed by atoms with Crippen LogP contribution in [0.2, 0.25) is 0 Å². The van der Waals surface area contributed by atoms with E-state index in [2.05, 4.69) is 5.16 Å². The van der Waals surface area contributed by atoms with Gasteiger partial charge in [0.15, 0.2) is 0 Å². The lowest BCUT2D eigenvalue weighted by Gasteiger charge is -2.42. The first-order chi connectivity index (χ1) is 17.3. The molecule has 9 heteroatoms. The molecule has 2 heterocycles. The summed E-state index contributed by atoms with van der Waals surface area (Å²) in [7, 11) is 1.74. The summed E-state index contributed by atoms with van der Waals surface area (Å²) < 4.78 is 30.6. The fraction of sp³-hybridized carbons (Fsp3) is 0.370. The van der Waals surface area contributed by atoms with Crippen molar-refractivity contribution in [1.29, 1.82) is 0 Å². The Kier molecular flexibility index (Phi) is 7.69. The summed E-state index contributed by atoms with van der Waals surface area (Å²) in [6.45, 7) is 4.60. The normalized spacial score (nSPS) is 17.6. The molecule has 0 unspecified atom stereocenters. The predicted molar refractivity (Wildman–Crippen MR) is 130 cm³/mol. The van der Waals surface area contributed by atoms with Gasteiger partial charge in [0.2, 0.25) is 5.91 Å². The summed E-state index contributed by atoms with van der Waals surface area (Å²) in [6.07, 6.45) is 0.00289. The van der Waals surface area contributed by atoms with Crippen LogP contribution in [0.15, 0.2) is 59.1 Å². The van der Waals surface area contributed by atoms with E-state index in [1.54, 1.807) is 30.7 Å². The minimum absolute atomic E-state index is 0.00289. The SMILES string of the molecule is Cc1noc(C)c1C(=O)N1CCO[C@](COc2ccc(F)cc2)(CC(=O)N(C)Cc2ccccc2)C1. The van der Waals surface area contributed by atoms with Gasteiger partial charge in [-0.2, -0.15) is 0 Å². The van der Waals surface area contributed by atoms with Crippen molar-refractivity contribution in [3.63, 3.8) is 0 Å². The van der Waals surface area contributed by atoms with E-state index >= 15 is 0 Å². The van der Waals surface area contributed by atoms with Crippen LogP contribution < -0.4 is 4.74 Å². The van der Waals surface area contributed by atoms with Gasteiger partial charge in [-0.25, -0.2) is 4.39 Å². The zero-order valence-corrected chi connectivity index (χ0v) is 20.7. The maximum atomic E-state index is 13.4. The van der Waals surface area contributed by atoms with Crippen molar-refractivity contribution in [3.8, 4) is 5.75 Å². The number of rotatable bonds is 8. The van der Waals surface area contributed by atoms with Gasteiger partial charge >= 0.3 is 0 Å². The molecule has 4 rings (SSSR count). The molecule has 0 radical (unpaired) electrons. The highest BCUT2D eigenvalue weighted by atomic mass is 19.1. The third-order valence-electron chi connectivity index (χ3n) is 6.26. The third kappa shape index (κ3) is 5.91. The number of aryl methyl sites for hydroxylation is 2. The monoisotopic (exact) mass is 495 g/mol. The molecule has 2 amide bonds. The highest BCUT2D eigenvalue weighted by Gasteiger charge is 2.43. The number of carbonyl (C=O) groups is 2. The number of benzene rings is 2. The summed E-state index contributed by atoms with van der Waals surface area (Å²) in [5.74, 6) is 0.133. The van der Waals surface area contributed by atoms with Crippen LogP contribution in [-0.4, -0.2) is 65.7 Å². The van der Waals surface area contributed by atoms with Gasteiger partial charge < -0.3 is 23.8 Å². The Balaban J connectivity index is 1.54. The quantitative estimate of drug-likeness (QED) is 0.473. The van der Waals surface area contributed by atoms with Gasteiger partial charge in [-0.05, 0) is 43.7 Å². The molecule has 0 aliphatic carbocycles. The Morgan fingerprint density at radius 2 is 1.86 bits per heavy atom. The summed E-state index contributed by atoms with van der Waals surface area (Å²) in [5.41, 5.74) is 0.835. The Labute approximate surface area is 209 Å². The second-order valence-corrected chi connectivity index (χ2v) is 9.11. The molecule has 0 N–H and O–H groups in total. The van der Waals surface area contributed by atoms with E-state index in [4.69, 9.17) is 14.0 Å². The van der Waals surface area contributed by atoms with Crippen molar-refractivity contribution >= 4 is 11.8 Å². The molecule has 1 atom stereocenters. The van der Waals surface area contributed by atoms with E-state index in [1.165, 1.54) is 24.3 Å². The number of ether oxygens (including phenoxy) is 2. The smallest absolute Gasteiger partial charge is 0.259 e. The van der Waals surface area contributed by atoms with E-state index in [9.17, 15) is 14.0 Å². The van der Waals surface area contributed by atoms with Crippen molar-refractivity contribution < 1.29 is 28.0 Å². The maximum Gasteiger partial charge on any atom is 0.259 e. The Bertz CT molecular complexity index is 1180. The van der Waals surface area contributed by atoms with Crippen LogP contribution in [0.25, 0.3) is 0 Å². The second-order valence-electron chi connectivity index (χ2n) is 9.11. The molecule has 190 valence electrons. The van der Waals surface area contributed by atoms with Crippen LogP contribution in [0.4, 0.5) is 4.39 Å². The van der Waals surface area contributed by atoms with E-state index in [1.807, 2.05) is 30.3 Å². The van der Waals surface area contributed by atoms with Gasteiger partial charge in [-0.15, -0.1) is 0 Å². The highest BCUT2D eigenvalue weighted by molar-refractivity contribution is 5.96. The van der Waals surface area contributed by atoms with E-state index in [-0.39, 0.29) is 43.8 Å². The van der Waals surface area contributed by atoms with Crippen LogP contribution in [-0.2, 0) is 16.1 Å². The highest BCUT2D eigenvalue weighted by Crippen LogP contribution is 2.27. The Hall–Kier alpha value is -3.72. The van der Waals surface area contributed by atoms with Gasteiger partial charge in [0.05, 0.1) is 25.3 Å². The van der Waals surface area contributed by atoms with Crippen LogP contribution in [0.1, 0.15) is 33.8 Å². The molecular weight excluding hydrogens is 465 g/mol. The average molecular weight is 496 g/mol. The van der Waals surface area contributed by atoms with Crippen molar-refractivity contribution in [1.82, 2.24) is 15.0 Å². The topological polar surface area (TPSA) is 85.1 Å². The molecule has 0 spiro atoms. The van der Waals surface area contributed by atoms with E-state index in [0.717, 1.165) is 5.56 Å². The number of halogens is 1. The molecule has 1 aliphatic rings.